The maximum absolute atomic E-state index is 6.10. The van der Waals surface area contributed by atoms with E-state index in [-0.39, 0.29) is 0 Å². The second-order valence-electron chi connectivity index (χ2n) is 6.76. The third-order valence-electron chi connectivity index (χ3n) is 4.75. The van der Waals surface area contributed by atoms with Crippen molar-refractivity contribution in [1.29, 1.82) is 0 Å². The van der Waals surface area contributed by atoms with E-state index in [9.17, 15) is 0 Å². The number of benzene rings is 4. The van der Waals surface area contributed by atoms with E-state index in [4.69, 9.17) is 4.74 Å². The Morgan fingerprint density at radius 2 is 1.48 bits per heavy atom. The van der Waals surface area contributed by atoms with Crippen molar-refractivity contribution in [2.75, 3.05) is 5.32 Å². The average molecular weight is 353 g/mol. The Hall–Kier alpha value is -3.26. The van der Waals surface area contributed by atoms with Gasteiger partial charge in [-0.3, -0.25) is 0 Å². The van der Waals surface area contributed by atoms with Crippen molar-refractivity contribution < 1.29 is 4.74 Å². The number of aryl methyl sites for hydroxylation is 1. The topological polar surface area (TPSA) is 21.3 Å². The summed E-state index contributed by atoms with van der Waals surface area (Å²) in [6, 6.07) is 31.5. The first-order chi connectivity index (χ1) is 13.3. The van der Waals surface area contributed by atoms with Gasteiger partial charge in [-0.2, -0.15) is 0 Å². The predicted octanol–water partition coefficient (Wildman–Crippen LogP) is 6.34. The number of nitrogens with one attached hydrogen (secondary N) is 1. The van der Waals surface area contributed by atoms with Crippen LogP contribution in [0, 0.1) is 6.92 Å². The van der Waals surface area contributed by atoms with Crippen molar-refractivity contribution >= 4 is 16.5 Å². The summed E-state index contributed by atoms with van der Waals surface area (Å²) in [6.45, 7) is 3.39. The Labute approximate surface area is 160 Å². The zero-order valence-electron chi connectivity index (χ0n) is 15.5. The van der Waals surface area contributed by atoms with Gasteiger partial charge in [0, 0.05) is 23.2 Å². The van der Waals surface area contributed by atoms with Gasteiger partial charge in [-0.25, -0.2) is 0 Å². The molecule has 0 spiro atoms. The van der Waals surface area contributed by atoms with Crippen LogP contribution in [0.25, 0.3) is 10.8 Å². The summed E-state index contributed by atoms with van der Waals surface area (Å²) in [6.07, 6.45) is 0. The van der Waals surface area contributed by atoms with E-state index in [0.29, 0.717) is 6.61 Å². The average Bonchev–Trinajstić information content (AvgIpc) is 2.72. The summed E-state index contributed by atoms with van der Waals surface area (Å²) in [5, 5.41) is 6.05. The minimum Gasteiger partial charge on any atom is -0.489 e. The van der Waals surface area contributed by atoms with E-state index in [2.05, 4.69) is 91.1 Å². The Kier molecular flexibility index (Phi) is 5.06. The van der Waals surface area contributed by atoms with Crippen LogP contribution in [0.5, 0.6) is 5.75 Å². The van der Waals surface area contributed by atoms with Crippen LogP contribution < -0.4 is 10.1 Å². The van der Waals surface area contributed by atoms with Crippen LogP contribution in [0.3, 0.4) is 0 Å². The van der Waals surface area contributed by atoms with Crippen molar-refractivity contribution in [2.45, 2.75) is 20.1 Å². The first-order valence-electron chi connectivity index (χ1n) is 9.27. The zero-order chi connectivity index (χ0) is 18.5. The second-order valence-corrected chi connectivity index (χ2v) is 6.76. The fourth-order valence-corrected chi connectivity index (χ4v) is 3.21. The summed E-state index contributed by atoms with van der Waals surface area (Å²) in [4.78, 5) is 0. The van der Waals surface area contributed by atoms with Gasteiger partial charge in [-0.05, 0) is 30.0 Å². The molecule has 27 heavy (non-hydrogen) atoms. The van der Waals surface area contributed by atoms with Crippen molar-refractivity contribution in [3.63, 3.8) is 0 Å². The predicted molar refractivity (Wildman–Crippen MR) is 113 cm³/mol. The van der Waals surface area contributed by atoms with Gasteiger partial charge in [0.05, 0.1) is 0 Å². The Bertz CT molecular complexity index is 1030. The molecule has 0 saturated carbocycles. The molecule has 0 radical (unpaired) electrons. The number of ether oxygens (including phenoxy) is 1. The van der Waals surface area contributed by atoms with Gasteiger partial charge in [0.25, 0.3) is 0 Å². The maximum atomic E-state index is 6.10. The molecule has 0 fully saturated rings. The monoisotopic (exact) mass is 353 g/mol. The molecular formula is C25H23NO. The molecule has 2 nitrogen and oxygen atoms in total. The molecule has 134 valence electrons. The summed E-state index contributed by atoms with van der Waals surface area (Å²) in [7, 11) is 0. The Morgan fingerprint density at radius 3 is 2.37 bits per heavy atom. The van der Waals surface area contributed by atoms with Crippen molar-refractivity contribution in [2.24, 2.45) is 0 Å². The van der Waals surface area contributed by atoms with Crippen molar-refractivity contribution in [3.05, 3.63) is 108 Å². The van der Waals surface area contributed by atoms with Gasteiger partial charge in [0.1, 0.15) is 12.4 Å². The van der Waals surface area contributed by atoms with E-state index < -0.39 is 0 Å². The van der Waals surface area contributed by atoms with Crippen molar-refractivity contribution in [1.82, 2.24) is 0 Å². The minimum absolute atomic E-state index is 0.575. The van der Waals surface area contributed by atoms with Crippen LogP contribution in [0.4, 0.5) is 5.69 Å². The molecule has 4 aromatic rings. The van der Waals surface area contributed by atoms with Crippen LogP contribution in [0.1, 0.15) is 16.7 Å². The fourth-order valence-electron chi connectivity index (χ4n) is 3.21. The highest BCUT2D eigenvalue weighted by molar-refractivity contribution is 5.93. The van der Waals surface area contributed by atoms with Gasteiger partial charge < -0.3 is 10.1 Å². The third kappa shape index (κ3) is 4.12. The summed E-state index contributed by atoms with van der Waals surface area (Å²) in [5.74, 6) is 0.922. The molecule has 4 rings (SSSR count). The number of fused-ring (bicyclic) bond motifs is 1. The lowest BCUT2D eigenvalue weighted by molar-refractivity contribution is 0.303. The number of anilines is 1. The van der Waals surface area contributed by atoms with Gasteiger partial charge in [0.2, 0.25) is 0 Å². The molecule has 0 heterocycles. The zero-order valence-corrected chi connectivity index (χ0v) is 15.5. The van der Waals surface area contributed by atoms with Gasteiger partial charge >= 0.3 is 0 Å². The largest absolute Gasteiger partial charge is 0.489 e. The van der Waals surface area contributed by atoms with E-state index in [1.54, 1.807) is 0 Å². The lowest BCUT2D eigenvalue weighted by atomic mass is 10.1. The van der Waals surface area contributed by atoms with Gasteiger partial charge in [-0.15, -0.1) is 0 Å². The lowest BCUT2D eigenvalue weighted by Gasteiger charge is -2.14. The summed E-state index contributed by atoms with van der Waals surface area (Å²) in [5.41, 5.74) is 4.73. The van der Waals surface area contributed by atoms with Crippen LogP contribution in [0.15, 0.2) is 91.0 Å². The number of rotatable bonds is 6. The van der Waals surface area contributed by atoms with Crippen LogP contribution in [-0.4, -0.2) is 0 Å². The summed E-state index contributed by atoms with van der Waals surface area (Å²) < 4.78 is 6.10. The Balaban J connectivity index is 1.48. The quantitative estimate of drug-likeness (QED) is 0.437. The molecule has 0 aliphatic heterocycles. The molecule has 0 unspecified atom stereocenters. The number of para-hydroxylation sites is 1. The third-order valence-corrected chi connectivity index (χ3v) is 4.75. The molecule has 2 heteroatoms. The lowest BCUT2D eigenvalue weighted by Crippen LogP contribution is -2.04. The van der Waals surface area contributed by atoms with E-state index in [0.717, 1.165) is 23.5 Å². The van der Waals surface area contributed by atoms with E-state index >= 15 is 0 Å². The molecule has 0 aliphatic rings. The van der Waals surface area contributed by atoms with E-state index in [1.165, 1.54) is 21.9 Å². The highest BCUT2D eigenvalue weighted by Crippen LogP contribution is 2.25. The molecule has 0 aliphatic carbocycles. The first kappa shape index (κ1) is 17.2. The normalized spacial score (nSPS) is 10.7. The highest BCUT2D eigenvalue weighted by Gasteiger charge is 2.05. The van der Waals surface area contributed by atoms with E-state index in [1.807, 2.05) is 12.1 Å². The van der Waals surface area contributed by atoms with Gasteiger partial charge in [-0.1, -0.05) is 84.4 Å². The Morgan fingerprint density at radius 1 is 0.741 bits per heavy atom. The smallest absolute Gasteiger partial charge is 0.124 e. The van der Waals surface area contributed by atoms with Gasteiger partial charge in [0.15, 0.2) is 0 Å². The maximum Gasteiger partial charge on any atom is 0.124 e. The second kappa shape index (κ2) is 7.96. The molecule has 0 bridgehead atoms. The first-order valence-corrected chi connectivity index (χ1v) is 9.27. The number of hydrogen-bond donors (Lipinski definition) is 1. The molecule has 0 aromatic heterocycles. The van der Waals surface area contributed by atoms with Crippen LogP contribution >= 0.6 is 0 Å². The van der Waals surface area contributed by atoms with Crippen molar-refractivity contribution in [3.8, 4) is 5.75 Å². The molecular weight excluding hydrogens is 330 g/mol. The molecule has 1 N–H and O–H groups in total. The summed E-state index contributed by atoms with van der Waals surface area (Å²) >= 11 is 0. The standard InChI is InChI=1S/C25H23NO/c1-19-13-15-20(16-14-19)18-27-25-12-5-3-8-22(25)17-26-24-11-6-9-21-7-2-4-10-23(21)24/h2-16,26H,17-18H2,1H3. The number of hydrogen-bond acceptors (Lipinski definition) is 2. The SMILES string of the molecule is Cc1ccc(COc2ccccc2CNc2cccc3ccccc23)cc1. The van der Waals surface area contributed by atoms with Crippen LogP contribution in [-0.2, 0) is 13.2 Å². The molecule has 0 amide bonds. The fraction of sp³-hybridized carbons (Fsp3) is 0.120. The minimum atomic E-state index is 0.575. The molecule has 4 aromatic carbocycles. The van der Waals surface area contributed by atoms with Crippen LogP contribution in [0.2, 0.25) is 0 Å². The molecule has 0 saturated heterocycles. The molecule has 0 atom stereocenters. The highest BCUT2D eigenvalue weighted by atomic mass is 16.5.